The quantitative estimate of drug-likeness (QED) is 0.740. The molecule has 0 bridgehead atoms. The fraction of sp³-hybridized carbons (Fsp3) is 1.00. The van der Waals surface area contributed by atoms with Gasteiger partial charge < -0.3 is 10.1 Å². The van der Waals surface area contributed by atoms with Gasteiger partial charge in [0.25, 0.3) is 0 Å². The van der Waals surface area contributed by atoms with E-state index >= 15 is 0 Å². The number of nitrogens with one attached hydrogen (secondary N) is 1. The summed E-state index contributed by atoms with van der Waals surface area (Å²) in [6.45, 7) is 7.44. The molecule has 3 heteroatoms. The maximum atomic E-state index is 5.45. The zero-order valence-corrected chi connectivity index (χ0v) is 10.6. The van der Waals surface area contributed by atoms with Gasteiger partial charge in [-0.25, -0.2) is 0 Å². The lowest BCUT2D eigenvalue weighted by molar-refractivity contribution is 0.00645. The van der Waals surface area contributed by atoms with Crippen LogP contribution in [0.5, 0.6) is 0 Å². The number of hydrogen-bond acceptors (Lipinski definition) is 3. The Kier molecular flexibility index (Phi) is 5.07. The van der Waals surface area contributed by atoms with Crippen molar-refractivity contribution in [3.05, 3.63) is 0 Å². The van der Waals surface area contributed by atoms with Gasteiger partial charge in [-0.15, -0.1) is 0 Å². The van der Waals surface area contributed by atoms with Gasteiger partial charge in [0.15, 0.2) is 0 Å². The van der Waals surface area contributed by atoms with Crippen LogP contribution in [0, 0.1) is 0 Å². The lowest BCUT2D eigenvalue weighted by Crippen LogP contribution is -2.53. The van der Waals surface area contributed by atoms with Crippen molar-refractivity contribution in [3.63, 3.8) is 0 Å². The molecule has 2 unspecified atom stereocenters. The summed E-state index contributed by atoms with van der Waals surface area (Å²) in [6, 6.07) is 1.47. The Balaban J connectivity index is 1.94. The zero-order chi connectivity index (χ0) is 11.2. The summed E-state index contributed by atoms with van der Waals surface area (Å²) in [5.74, 6) is 0. The fourth-order valence-electron chi connectivity index (χ4n) is 3.13. The topological polar surface area (TPSA) is 24.5 Å². The van der Waals surface area contributed by atoms with Gasteiger partial charge in [0.1, 0.15) is 0 Å². The summed E-state index contributed by atoms with van der Waals surface area (Å²) < 4.78 is 5.45. The molecule has 1 saturated heterocycles. The van der Waals surface area contributed by atoms with E-state index in [0.717, 1.165) is 38.9 Å². The van der Waals surface area contributed by atoms with Gasteiger partial charge in [0.2, 0.25) is 0 Å². The number of ether oxygens (including phenoxy) is 1. The second kappa shape index (κ2) is 6.58. The van der Waals surface area contributed by atoms with Crippen molar-refractivity contribution in [2.75, 3.05) is 32.8 Å². The number of rotatable bonds is 3. The van der Waals surface area contributed by atoms with Crippen LogP contribution in [0.4, 0.5) is 0 Å². The van der Waals surface area contributed by atoms with Crippen molar-refractivity contribution >= 4 is 0 Å². The Morgan fingerprint density at radius 3 is 2.62 bits per heavy atom. The normalized spacial score (nSPS) is 33.6. The Bertz CT molecular complexity index is 192. The smallest absolute Gasteiger partial charge is 0.0594 e. The Hall–Kier alpha value is -0.120. The van der Waals surface area contributed by atoms with E-state index < -0.39 is 0 Å². The predicted molar refractivity (Wildman–Crippen MR) is 66.7 cm³/mol. The maximum Gasteiger partial charge on any atom is 0.0594 e. The lowest BCUT2D eigenvalue weighted by Gasteiger charge is -2.38. The minimum absolute atomic E-state index is 0.714. The van der Waals surface area contributed by atoms with Gasteiger partial charge >= 0.3 is 0 Å². The van der Waals surface area contributed by atoms with E-state index in [1.54, 1.807) is 0 Å². The van der Waals surface area contributed by atoms with Crippen LogP contribution in [0.1, 0.15) is 39.0 Å². The molecular weight excluding hydrogens is 200 g/mol. The monoisotopic (exact) mass is 226 g/mol. The molecule has 0 radical (unpaired) electrons. The first-order valence-corrected chi connectivity index (χ1v) is 6.97. The summed E-state index contributed by atoms with van der Waals surface area (Å²) in [4.78, 5) is 2.65. The van der Waals surface area contributed by atoms with Crippen LogP contribution in [0.2, 0.25) is 0 Å². The van der Waals surface area contributed by atoms with Gasteiger partial charge in [-0.1, -0.05) is 26.2 Å². The van der Waals surface area contributed by atoms with Gasteiger partial charge in [0, 0.05) is 25.2 Å². The highest BCUT2D eigenvalue weighted by Gasteiger charge is 2.29. The Morgan fingerprint density at radius 2 is 1.88 bits per heavy atom. The summed E-state index contributed by atoms with van der Waals surface area (Å²) in [5.41, 5.74) is 0. The second-order valence-corrected chi connectivity index (χ2v) is 5.02. The molecule has 2 atom stereocenters. The molecule has 0 amide bonds. The van der Waals surface area contributed by atoms with Crippen molar-refractivity contribution in [3.8, 4) is 0 Å². The Labute approximate surface area is 99.5 Å². The largest absolute Gasteiger partial charge is 0.379 e. The molecule has 0 aromatic carbocycles. The molecule has 2 aliphatic rings. The molecule has 2 rings (SSSR count). The first-order valence-electron chi connectivity index (χ1n) is 6.97. The summed E-state index contributed by atoms with van der Waals surface area (Å²) in [6.07, 6.45) is 6.96. The molecule has 1 aliphatic heterocycles. The van der Waals surface area contributed by atoms with E-state index in [2.05, 4.69) is 17.1 Å². The van der Waals surface area contributed by atoms with Crippen LogP contribution in [0.3, 0.4) is 0 Å². The molecule has 1 heterocycles. The molecule has 0 aromatic rings. The molecule has 0 spiro atoms. The van der Waals surface area contributed by atoms with E-state index in [1.165, 1.54) is 32.1 Å². The van der Waals surface area contributed by atoms with Crippen molar-refractivity contribution in [1.82, 2.24) is 10.2 Å². The first kappa shape index (κ1) is 12.3. The van der Waals surface area contributed by atoms with Crippen molar-refractivity contribution < 1.29 is 4.74 Å². The van der Waals surface area contributed by atoms with E-state index in [9.17, 15) is 0 Å². The molecule has 2 fully saturated rings. The molecule has 1 N–H and O–H groups in total. The minimum Gasteiger partial charge on any atom is -0.379 e. The third-order valence-corrected chi connectivity index (χ3v) is 3.96. The molecule has 1 saturated carbocycles. The van der Waals surface area contributed by atoms with E-state index in [-0.39, 0.29) is 0 Å². The SMILES string of the molecule is CCNC1CCCCCC1N1CCOCC1. The third kappa shape index (κ3) is 3.19. The summed E-state index contributed by atoms with van der Waals surface area (Å²) in [5, 5.41) is 3.69. The van der Waals surface area contributed by atoms with Crippen molar-refractivity contribution in [2.24, 2.45) is 0 Å². The maximum absolute atomic E-state index is 5.45. The number of likely N-dealkylation sites (N-methyl/N-ethyl adjacent to an activating group) is 1. The first-order chi connectivity index (χ1) is 7.92. The zero-order valence-electron chi connectivity index (χ0n) is 10.6. The van der Waals surface area contributed by atoms with Crippen molar-refractivity contribution in [1.29, 1.82) is 0 Å². The average Bonchev–Trinajstić information content (AvgIpc) is 2.56. The predicted octanol–water partition coefficient (Wildman–Crippen LogP) is 1.63. The number of morpholine rings is 1. The van der Waals surface area contributed by atoms with Gasteiger partial charge in [-0.3, -0.25) is 4.90 Å². The third-order valence-electron chi connectivity index (χ3n) is 3.96. The van der Waals surface area contributed by atoms with Gasteiger partial charge in [0.05, 0.1) is 13.2 Å². The van der Waals surface area contributed by atoms with Crippen LogP contribution in [-0.4, -0.2) is 49.8 Å². The second-order valence-electron chi connectivity index (χ2n) is 5.02. The molecule has 94 valence electrons. The lowest BCUT2D eigenvalue weighted by atomic mass is 10.0. The highest BCUT2D eigenvalue weighted by Crippen LogP contribution is 2.23. The minimum atomic E-state index is 0.714. The standard InChI is InChI=1S/C13H26N2O/c1-2-14-12-6-4-3-5-7-13(12)15-8-10-16-11-9-15/h12-14H,2-11H2,1H3. The molecule has 3 nitrogen and oxygen atoms in total. The fourth-order valence-corrected chi connectivity index (χ4v) is 3.13. The van der Waals surface area contributed by atoms with Crippen molar-refractivity contribution in [2.45, 2.75) is 51.1 Å². The number of nitrogens with zero attached hydrogens (tertiary/aromatic N) is 1. The van der Waals surface area contributed by atoms with E-state index in [1.807, 2.05) is 0 Å². The van der Waals surface area contributed by atoms with Gasteiger partial charge in [-0.2, -0.15) is 0 Å². The highest BCUT2D eigenvalue weighted by molar-refractivity contribution is 4.87. The molecule has 0 aromatic heterocycles. The van der Waals surface area contributed by atoms with Crippen LogP contribution in [-0.2, 0) is 4.74 Å². The molecular formula is C13H26N2O. The van der Waals surface area contributed by atoms with Gasteiger partial charge in [-0.05, 0) is 19.4 Å². The summed E-state index contributed by atoms with van der Waals surface area (Å²) >= 11 is 0. The van der Waals surface area contributed by atoms with E-state index in [4.69, 9.17) is 4.74 Å². The molecule has 1 aliphatic carbocycles. The summed E-state index contributed by atoms with van der Waals surface area (Å²) in [7, 11) is 0. The Morgan fingerprint density at radius 1 is 1.12 bits per heavy atom. The number of hydrogen-bond donors (Lipinski definition) is 1. The highest BCUT2D eigenvalue weighted by atomic mass is 16.5. The van der Waals surface area contributed by atoms with Crippen LogP contribution < -0.4 is 5.32 Å². The van der Waals surface area contributed by atoms with Crippen LogP contribution in [0.15, 0.2) is 0 Å². The molecule has 16 heavy (non-hydrogen) atoms. The van der Waals surface area contributed by atoms with Crippen LogP contribution in [0.25, 0.3) is 0 Å². The average molecular weight is 226 g/mol. The van der Waals surface area contributed by atoms with Crippen LogP contribution >= 0.6 is 0 Å². The van der Waals surface area contributed by atoms with E-state index in [0.29, 0.717) is 6.04 Å².